The second kappa shape index (κ2) is 5.77. The number of hydrogen-bond acceptors (Lipinski definition) is 2. The maximum Gasteiger partial charge on any atom is 0.132 e. The molecule has 1 aromatic rings. The quantitative estimate of drug-likeness (QED) is 0.823. The summed E-state index contributed by atoms with van der Waals surface area (Å²) in [7, 11) is 1.73. The molecule has 0 heterocycles. The number of benzene rings is 1. The molecule has 0 spiro atoms. The van der Waals surface area contributed by atoms with E-state index in [4.69, 9.17) is 4.74 Å². The van der Waals surface area contributed by atoms with Gasteiger partial charge in [0, 0.05) is 12.8 Å². The standard InChI is InChI=1S/C17H24O2/c1-11-9-17(19-4)13(3)12(2)16(11)10-14-5-7-15(18)8-6-14/h9,14H,5-8,10H2,1-4H3. The number of rotatable bonds is 3. The molecule has 104 valence electrons. The Bertz CT molecular complexity index is 479. The number of methoxy groups -OCH3 is 1. The lowest BCUT2D eigenvalue weighted by molar-refractivity contribution is -0.120. The third-order valence-corrected chi connectivity index (χ3v) is 4.58. The van der Waals surface area contributed by atoms with Gasteiger partial charge in [-0.2, -0.15) is 0 Å². The third-order valence-electron chi connectivity index (χ3n) is 4.58. The minimum absolute atomic E-state index is 0.440. The summed E-state index contributed by atoms with van der Waals surface area (Å²) in [6.07, 6.45) is 4.77. The zero-order valence-corrected chi connectivity index (χ0v) is 12.5. The Morgan fingerprint density at radius 1 is 1.16 bits per heavy atom. The van der Waals surface area contributed by atoms with Crippen molar-refractivity contribution in [1.82, 2.24) is 0 Å². The molecule has 19 heavy (non-hydrogen) atoms. The first kappa shape index (κ1) is 14.1. The highest BCUT2D eigenvalue weighted by atomic mass is 16.5. The van der Waals surface area contributed by atoms with Crippen LogP contribution in [0.2, 0.25) is 0 Å². The SMILES string of the molecule is COc1cc(C)c(CC2CCC(=O)CC2)c(C)c1C. The molecule has 0 amide bonds. The number of Topliss-reactive ketones (excluding diaryl/α,β-unsaturated/α-hetero) is 1. The van der Waals surface area contributed by atoms with Gasteiger partial charge in [-0.1, -0.05) is 0 Å². The molecule has 1 saturated carbocycles. The fourth-order valence-corrected chi connectivity index (χ4v) is 3.12. The maximum absolute atomic E-state index is 11.3. The van der Waals surface area contributed by atoms with Crippen LogP contribution in [0, 0.1) is 26.7 Å². The number of carbonyl (C=O) groups excluding carboxylic acids is 1. The molecular formula is C17H24O2. The molecule has 0 radical (unpaired) electrons. The van der Waals surface area contributed by atoms with Crippen molar-refractivity contribution < 1.29 is 9.53 Å². The zero-order valence-electron chi connectivity index (χ0n) is 12.5. The number of ketones is 1. The number of hydrogen-bond donors (Lipinski definition) is 0. The summed E-state index contributed by atoms with van der Waals surface area (Å²) < 4.78 is 5.42. The lowest BCUT2D eigenvalue weighted by Crippen LogP contribution is -2.17. The smallest absolute Gasteiger partial charge is 0.132 e. The van der Waals surface area contributed by atoms with E-state index >= 15 is 0 Å². The molecule has 0 aromatic heterocycles. The lowest BCUT2D eigenvalue weighted by Gasteiger charge is -2.24. The van der Waals surface area contributed by atoms with Gasteiger partial charge in [-0.3, -0.25) is 4.79 Å². The van der Waals surface area contributed by atoms with Gasteiger partial charge in [0.2, 0.25) is 0 Å². The molecule has 0 unspecified atom stereocenters. The van der Waals surface area contributed by atoms with Crippen LogP contribution >= 0.6 is 0 Å². The Hall–Kier alpha value is -1.31. The van der Waals surface area contributed by atoms with Gasteiger partial charge in [-0.25, -0.2) is 0 Å². The first-order valence-corrected chi connectivity index (χ1v) is 7.18. The molecule has 1 aliphatic carbocycles. The van der Waals surface area contributed by atoms with E-state index < -0.39 is 0 Å². The van der Waals surface area contributed by atoms with E-state index in [-0.39, 0.29) is 0 Å². The average molecular weight is 260 g/mol. The van der Waals surface area contributed by atoms with Crippen LogP contribution in [0.5, 0.6) is 5.75 Å². The van der Waals surface area contributed by atoms with Crippen LogP contribution in [0.3, 0.4) is 0 Å². The molecule has 1 aliphatic rings. The average Bonchev–Trinajstić information content (AvgIpc) is 2.41. The van der Waals surface area contributed by atoms with Crippen molar-refractivity contribution in [1.29, 1.82) is 0 Å². The Morgan fingerprint density at radius 2 is 1.79 bits per heavy atom. The fourth-order valence-electron chi connectivity index (χ4n) is 3.12. The predicted octanol–water partition coefficient (Wildman–Crippen LogP) is 3.92. The van der Waals surface area contributed by atoms with Crippen molar-refractivity contribution in [2.45, 2.75) is 52.9 Å². The summed E-state index contributed by atoms with van der Waals surface area (Å²) in [5, 5.41) is 0. The van der Waals surface area contributed by atoms with Gasteiger partial charge < -0.3 is 4.74 Å². The molecule has 2 heteroatoms. The highest BCUT2D eigenvalue weighted by Gasteiger charge is 2.21. The van der Waals surface area contributed by atoms with E-state index in [1.807, 2.05) is 0 Å². The molecule has 2 rings (SSSR count). The molecule has 0 N–H and O–H groups in total. The highest BCUT2D eigenvalue weighted by molar-refractivity contribution is 5.79. The van der Waals surface area contributed by atoms with Gasteiger partial charge in [-0.05, 0) is 74.3 Å². The van der Waals surface area contributed by atoms with E-state index in [9.17, 15) is 4.79 Å². The molecule has 2 nitrogen and oxygen atoms in total. The molecule has 0 bridgehead atoms. The summed E-state index contributed by atoms with van der Waals surface area (Å²) in [4.78, 5) is 11.3. The van der Waals surface area contributed by atoms with Crippen LogP contribution in [-0.2, 0) is 11.2 Å². The van der Waals surface area contributed by atoms with E-state index in [0.717, 1.165) is 37.9 Å². The number of carbonyl (C=O) groups is 1. The van der Waals surface area contributed by atoms with Crippen LogP contribution in [0.1, 0.15) is 47.9 Å². The Morgan fingerprint density at radius 3 is 2.37 bits per heavy atom. The van der Waals surface area contributed by atoms with Crippen molar-refractivity contribution in [3.63, 3.8) is 0 Å². The number of ether oxygens (including phenoxy) is 1. The van der Waals surface area contributed by atoms with Crippen molar-refractivity contribution >= 4 is 5.78 Å². The van der Waals surface area contributed by atoms with Gasteiger partial charge in [0.1, 0.15) is 11.5 Å². The van der Waals surface area contributed by atoms with E-state index in [1.54, 1.807) is 7.11 Å². The Balaban J connectivity index is 2.21. The maximum atomic E-state index is 11.3. The first-order valence-electron chi connectivity index (χ1n) is 7.18. The minimum atomic E-state index is 0.440. The summed E-state index contributed by atoms with van der Waals surface area (Å²) in [6.45, 7) is 6.48. The van der Waals surface area contributed by atoms with Gasteiger partial charge in [0.15, 0.2) is 0 Å². The Kier molecular flexibility index (Phi) is 4.28. The van der Waals surface area contributed by atoms with Gasteiger partial charge in [0.25, 0.3) is 0 Å². The lowest BCUT2D eigenvalue weighted by atomic mass is 9.81. The zero-order chi connectivity index (χ0) is 14.0. The van der Waals surface area contributed by atoms with E-state index in [2.05, 4.69) is 26.8 Å². The van der Waals surface area contributed by atoms with Crippen molar-refractivity contribution in [2.75, 3.05) is 7.11 Å². The largest absolute Gasteiger partial charge is 0.496 e. The monoisotopic (exact) mass is 260 g/mol. The molecular weight excluding hydrogens is 236 g/mol. The summed E-state index contributed by atoms with van der Waals surface area (Å²) in [5.41, 5.74) is 5.37. The number of aryl methyl sites for hydroxylation is 1. The van der Waals surface area contributed by atoms with Crippen molar-refractivity contribution in [2.24, 2.45) is 5.92 Å². The van der Waals surface area contributed by atoms with Crippen LogP contribution in [0.4, 0.5) is 0 Å². The second-order valence-corrected chi connectivity index (χ2v) is 5.81. The molecule has 0 atom stereocenters. The Labute approximate surface area is 116 Å². The minimum Gasteiger partial charge on any atom is -0.496 e. The summed E-state index contributed by atoms with van der Waals surface area (Å²) in [6, 6.07) is 2.14. The van der Waals surface area contributed by atoms with E-state index in [1.165, 1.54) is 22.3 Å². The van der Waals surface area contributed by atoms with Gasteiger partial charge >= 0.3 is 0 Å². The van der Waals surface area contributed by atoms with Crippen LogP contribution in [0.15, 0.2) is 6.07 Å². The van der Waals surface area contributed by atoms with Crippen molar-refractivity contribution in [3.8, 4) is 5.75 Å². The molecule has 0 saturated heterocycles. The van der Waals surface area contributed by atoms with Crippen LogP contribution in [0.25, 0.3) is 0 Å². The summed E-state index contributed by atoms with van der Waals surface area (Å²) in [5.74, 6) is 2.09. The first-order chi connectivity index (χ1) is 9.02. The normalized spacial score (nSPS) is 16.7. The van der Waals surface area contributed by atoms with E-state index in [0.29, 0.717) is 11.7 Å². The topological polar surface area (TPSA) is 26.3 Å². The highest BCUT2D eigenvalue weighted by Crippen LogP contribution is 2.32. The second-order valence-electron chi connectivity index (χ2n) is 5.81. The molecule has 1 aromatic carbocycles. The van der Waals surface area contributed by atoms with Crippen LogP contribution < -0.4 is 4.74 Å². The molecule has 1 fully saturated rings. The predicted molar refractivity (Wildman–Crippen MR) is 77.9 cm³/mol. The van der Waals surface area contributed by atoms with Crippen LogP contribution in [-0.4, -0.2) is 12.9 Å². The van der Waals surface area contributed by atoms with Gasteiger partial charge in [-0.15, -0.1) is 0 Å². The van der Waals surface area contributed by atoms with Crippen molar-refractivity contribution in [3.05, 3.63) is 28.3 Å². The summed E-state index contributed by atoms with van der Waals surface area (Å²) >= 11 is 0. The molecule has 0 aliphatic heterocycles. The fraction of sp³-hybridized carbons (Fsp3) is 0.588. The third kappa shape index (κ3) is 2.99. The van der Waals surface area contributed by atoms with Gasteiger partial charge in [0.05, 0.1) is 7.11 Å².